The number of aromatic nitrogens is 1. The zero-order valence-electron chi connectivity index (χ0n) is 6.77. The van der Waals surface area contributed by atoms with E-state index in [0.29, 0.717) is 0 Å². The van der Waals surface area contributed by atoms with Crippen LogP contribution in [0.3, 0.4) is 0 Å². The lowest BCUT2D eigenvalue weighted by molar-refractivity contribution is -0.274. The van der Waals surface area contributed by atoms with Crippen LogP contribution in [0.25, 0.3) is 0 Å². The van der Waals surface area contributed by atoms with Crippen LogP contribution in [-0.2, 0) is 0 Å². The topological polar surface area (TPSA) is 45.9 Å². The third-order valence-corrected chi connectivity index (χ3v) is 2.01. The zero-order valence-corrected chi connectivity index (χ0v) is 8.28. The summed E-state index contributed by atoms with van der Waals surface area (Å²) in [5, 5.41) is 7.74. The average molecular weight is 257 g/mol. The van der Waals surface area contributed by atoms with E-state index in [-0.39, 0.29) is 5.02 Å². The molecule has 0 aliphatic heterocycles. The summed E-state index contributed by atoms with van der Waals surface area (Å²) in [6.07, 6.45) is -3.99. The van der Waals surface area contributed by atoms with Gasteiger partial charge >= 0.3 is 6.36 Å². The van der Waals surface area contributed by atoms with Crippen molar-refractivity contribution in [2.75, 3.05) is 0 Å². The maximum atomic E-state index is 11.9. The molecule has 1 aromatic heterocycles. The average Bonchev–Trinajstić information content (AvgIpc) is 2.11. The lowest BCUT2D eigenvalue weighted by atomic mass is 10.3. The summed E-state index contributed by atoms with van der Waals surface area (Å²) in [7, 11) is 0. The first-order valence-electron chi connectivity index (χ1n) is 3.35. The second-order valence-electron chi connectivity index (χ2n) is 2.26. The molecule has 0 N–H and O–H groups in total. The molecule has 0 spiro atoms. The minimum atomic E-state index is -4.96. The van der Waals surface area contributed by atoms with E-state index in [1.54, 1.807) is 0 Å². The molecule has 1 heterocycles. The SMILES string of the molecule is N#Cc1ncc(Cl)c(Cl)c1OC(F)(F)F. The third-order valence-electron chi connectivity index (χ3n) is 1.25. The fourth-order valence-electron chi connectivity index (χ4n) is 0.737. The molecule has 0 aromatic carbocycles. The van der Waals surface area contributed by atoms with Crippen molar-refractivity contribution in [1.29, 1.82) is 5.26 Å². The largest absolute Gasteiger partial charge is 0.573 e. The Labute approximate surface area is 92.0 Å². The molecule has 0 atom stereocenters. The van der Waals surface area contributed by atoms with Gasteiger partial charge in [0.15, 0.2) is 11.4 Å². The summed E-state index contributed by atoms with van der Waals surface area (Å²) in [6, 6.07) is 1.41. The van der Waals surface area contributed by atoms with E-state index in [9.17, 15) is 13.2 Å². The molecule has 0 amide bonds. The first-order chi connectivity index (χ1) is 6.85. The number of alkyl halides is 3. The zero-order chi connectivity index (χ0) is 11.6. The van der Waals surface area contributed by atoms with Crippen molar-refractivity contribution in [3.63, 3.8) is 0 Å². The number of nitriles is 1. The molecule has 0 bridgehead atoms. The van der Waals surface area contributed by atoms with Gasteiger partial charge in [-0.2, -0.15) is 5.26 Å². The van der Waals surface area contributed by atoms with Crippen LogP contribution in [0.5, 0.6) is 5.75 Å². The first-order valence-corrected chi connectivity index (χ1v) is 4.10. The smallest absolute Gasteiger partial charge is 0.401 e. The van der Waals surface area contributed by atoms with Crippen molar-refractivity contribution >= 4 is 23.2 Å². The summed E-state index contributed by atoms with van der Waals surface area (Å²) in [5.41, 5.74) is -0.582. The van der Waals surface area contributed by atoms with E-state index in [1.807, 2.05) is 0 Å². The number of rotatable bonds is 1. The minimum absolute atomic E-state index is 0.227. The standard InChI is InChI=1S/C7HCl2F3N2O/c8-3-2-14-4(1-13)6(5(3)9)15-7(10,11)12/h2H. The maximum absolute atomic E-state index is 11.9. The summed E-state index contributed by atoms with van der Waals surface area (Å²) in [5.74, 6) is -0.890. The van der Waals surface area contributed by atoms with Crippen molar-refractivity contribution < 1.29 is 17.9 Å². The molecule has 0 radical (unpaired) electrons. The van der Waals surface area contributed by atoms with Crippen molar-refractivity contribution in [2.24, 2.45) is 0 Å². The molecule has 1 aromatic rings. The van der Waals surface area contributed by atoms with Crippen molar-refractivity contribution in [2.45, 2.75) is 6.36 Å². The number of halogens is 5. The summed E-state index contributed by atoms with van der Waals surface area (Å²) in [6.45, 7) is 0. The van der Waals surface area contributed by atoms with Gasteiger partial charge in [0.2, 0.25) is 0 Å². The predicted molar refractivity (Wildman–Crippen MR) is 45.7 cm³/mol. The Morgan fingerprint density at radius 3 is 2.47 bits per heavy atom. The van der Waals surface area contributed by atoms with Crippen LogP contribution in [0.2, 0.25) is 10.0 Å². The molecular weight excluding hydrogens is 256 g/mol. The number of pyridine rings is 1. The highest BCUT2D eigenvalue weighted by Crippen LogP contribution is 2.36. The third kappa shape index (κ3) is 2.88. The number of nitrogens with zero attached hydrogens (tertiary/aromatic N) is 2. The monoisotopic (exact) mass is 256 g/mol. The van der Waals surface area contributed by atoms with E-state index in [4.69, 9.17) is 28.5 Å². The Morgan fingerprint density at radius 2 is 2.00 bits per heavy atom. The molecule has 0 aliphatic carbocycles. The molecular formula is C7HCl2F3N2O. The predicted octanol–water partition coefficient (Wildman–Crippen LogP) is 3.16. The minimum Gasteiger partial charge on any atom is -0.401 e. The number of hydrogen-bond acceptors (Lipinski definition) is 3. The second-order valence-corrected chi connectivity index (χ2v) is 3.04. The van der Waals surface area contributed by atoms with Gasteiger partial charge in [-0.05, 0) is 0 Å². The second kappa shape index (κ2) is 4.13. The summed E-state index contributed by atoms with van der Waals surface area (Å²) >= 11 is 10.9. The van der Waals surface area contributed by atoms with Gasteiger partial charge in [-0.25, -0.2) is 4.98 Å². The molecule has 80 valence electrons. The van der Waals surface area contributed by atoms with Gasteiger partial charge in [-0.3, -0.25) is 0 Å². The Kier molecular flexibility index (Phi) is 3.27. The fourth-order valence-corrected chi connectivity index (χ4v) is 1.05. The van der Waals surface area contributed by atoms with Crippen molar-refractivity contribution in [3.05, 3.63) is 21.9 Å². The number of hydrogen-bond donors (Lipinski definition) is 0. The molecule has 8 heteroatoms. The van der Waals surface area contributed by atoms with E-state index in [0.717, 1.165) is 6.20 Å². The molecule has 1 rings (SSSR count). The van der Waals surface area contributed by atoms with Gasteiger partial charge in [0.25, 0.3) is 0 Å². The normalized spacial score (nSPS) is 10.9. The Morgan fingerprint density at radius 1 is 1.40 bits per heavy atom. The highest BCUT2D eigenvalue weighted by atomic mass is 35.5. The Balaban J connectivity index is 3.26. The van der Waals surface area contributed by atoms with Crippen LogP contribution < -0.4 is 4.74 Å². The molecule has 0 unspecified atom stereocenters. The van der Waals surface area contributed by atoms with Gasteiger partial charge in [-0.1, -0.05) is 23.2 Å². The van der Waals surface area contributed by atoms with E-state index in [1.165, 1.54) is 6.07 Å². The van der Waals surface area contributed by atoms with Crippen LogP contribution in [0.1, 0.15) is 5.69 Å². The van der Waals surface area contributed by atoms with Crippen molar-refractivity contribution in [1.82, 2.24) is 4.98 Å². The maximum Gasteiger partial charge on any atom is 0.573 e. The molecule has 0 saturated heterocycles. The Bertz CT molecular complexity index is 427. The summed E-state index contributed by atoms with van der Waals surface area (Å²) in [4.78, 5) is 3.34. The van der Waals surface area contributed by atoms with Crippen LogP contribution in [0, 0.1) is 11.3 Å². The molecule has 3 nitrogen and oxygen atoms in total. The van der Waals surface area contributed by atoms with Gasteiger partial charge in [0, 0.05) is 6.20 Å². The van der Waals surface area contributed by atoms with Gasteiger partial charge in [-0.15, -0.1) is 13.2 Å². The Hall–Kier alpha value is -1.19. The number of ether oxygens (including phenoxy) is 1. The van der Waals surface area contributed by atoms with Crippen molar-refractivity contribution in [3.8, 4) is 11.8 Å². The van der Waals surface area contributed by atoms with Gasteiger partial charge < -0.3 is 4.74 Å². The molecule has 0 saturated carbocycles. The molecule has 0 aliphatic rings. The quantitative estimate of drug-likeness (QED) is 0.776. The van der Waals surface area contributed by atoms with E-state index >= 15 is 0 Å². The molecule has 0 fully saturated rings. The lowest BCUT2D eigenvalue weighted by Crippen LogP contribution is -2.18. The van der Waals surface area contributed by atoms with Crippen LogP contribution >= 0.6 is 23.2 Å². The van der Waals surface area contributed by atoms with E-state index in [2.05, 4.69) is 9.72 Å². The highest BCUT2D eigenvalue weighted by molar-refractivity contribution is 6.42. The first kappa shape index (κ1) is 11.9. The van der Waals surface area contributed by atoms with Gasteiger partial charge in [0.1, 0.15) is 11.1 Å². The van der Waals surface area contributed by atoms with Crippen LogP contribution in [0.4, 0.5) is 13.2 Å². The van der Waals surface area contributed by atoms with Crippen LogP contribution in [-0.4, -0.2) is 11.3 Å². The lowest BCUT2D eigenvalue weighted by Gasteiger charge is -2.11. The summed E-state index contributed by atoms with van der Waals surface area (Å²) < 4.78 is 39.3. The van der Waals surface area contributed by atoms with E-state index < -0.39 is 22.8 Å². The highest BCUT2D eigenvalue weighted by Gasteiger charge is 2.34. The molecule has 15 heavy (non-hydrogen) atoms. The van der Waals surface area contributed by atoms with Gasteiger partial charge in [0.05, 0.1) is 5.02 Å². The fraction of sp³-hybridized carbons (Fsp3) is 0.143. The van der Waals surface area contributed by atoms with Crippen LogP contribution in [0.15, 0.2) is 6.20 Å².